The molecule has 1 N–H and O–H groups in total. The molecular formula is C14H26N2O. The maximum absolute atomic E-state index is 10.4. The predicted octanol–water partition coefficient (Wildman–Crippen LogP) is 3.19. The molecule has 98 valence electrons. The highest BCUT2D eigenvalue weighted by atomic mass is 16.3. The van der Waals surface area contributed by atoms with E-state index in [2.05, 4.69) is 39.7 Å². The molecule has 1 rings (SSSR count). The summed E-state index contributed by atoms with van der Waals surface area (Å²) in [4.78, 5) is 0. The molecule has 0 saturated heterocycles. The molecule has 0 radical (unpaired) electrons. The minimum absolute atomic E-state index is 0.0243. The van der Waals surface area contributed by atoms with Gasteiger partial charge >= 0.3 is 0 Å². The minimum atomic E-state index is -0.405. The maximum Gasteiger partial charge on any atom is 0.0849 e. The van der Waals surface area contributed by atoms with Gasteiger partial charge in [0.2, 0.25) is 0 Å². The lowest BCUT2D eigenvalue weighted by molar-refractivity contribution is 0.110. The van der Waals surface area contributed by atoms with Gasteiger partial charge in [0.05, 0.1) is 11.8 Å². The summed E-state index contributed by atoms with van der Waals surface area (Å²) in [5.41, 5.74) is 1.97. The van der Waals surface area contributed by atoms with Crippen LogP contribution in [0.15, 0.2) is 6.20 Å². The molecule has 0 fully saturated rings. The molecule has 1 aromatic rings. The van der Waals surface area contributed by atoms with Crippen molar-refractivity contribution in [2.24, 2.45) is 13.0 Å². The van der Waals surface area contributed by atoms with Crippen LogP contribution in [0.5, 0.6) is 0 Å². The first-order chi connectivity index (χ1) is 7.77. The zero-order chi connectivity index (χ0) is 13.2. The topological polar surface area (TPSA) is 38.0 Å². The fraction of sp³-hybridized carbons (Fsp3) is 0.786. The molecule has 0 aromatic carbocycles. The summed E-state index contributed by atoms with van der Waals surface area (Å²) >= 11 is 0. The van der Waals surface area contributed by atoms with Gasteiger partial charge in [-0.15, -0.1) is 0 Å². The van der Waals surface area contributed by atoms with Crippen molar-refractivity contribution in [2.75, 3.05) is 0 Å². The Balaban J connectivity index is 3.05. The average Bonchev–Trinajstić information content (AvgIpc) is 2.59. The number of aromatic nitrogens is 2. The van der Waals surface area contributed by atoms with Crippen molar-refractivity contribution in [2.45, 2.75) is 59.0 Å². The minimum Gasteiger partial charge on any atom is -0.388 e. The third kappa shape index (κ3) is 3.32. The van der Waals surface area contributed by atoms with Crippen molar-refractivity contribution in [3.05, 3.63) is 17.5 Å². The van der Waals surface area contributed by atoms with Gasteiger partial charge in [-0.25, -0.2) is 0 Å². The Morgan fingerprint density at radius 3 is 2.47 bits per heavy atom. The van der Waals surface area contributed by atoms with Crippen molar-refractivity contribution in [1.82, 2.24) is 9.78 Å². The summed E-state index contributed by atoms with van der Waals surface area (Å²) in [6, 6.07) is 0. The van der Waals surface area contributed by atoms with Gasteiger partial charge < -0.3 is 5.11 Å². The van der Waals surface area contributed by atoms with E-state index < -0.39 is 6.10 Å². The summed E-state index contributed by atoms with van der Waals surface area (Å²) < 4.78 is 1.80. The van der Waals surface area contributed by atoms with Gasteiger partial charge in [0, 0.05) is 24.2 Å². The highest BCUT2D eigenvalue weighted by Gasteiger charge is 2.27. The van der Waals surface area contributed by atoms with Gasteiger partial charge in [0.15, 0.2) is 0 Å². The second-order valence-electron chi connectivity index (χ2n) is 6.07. The van der Waals surface area contributed by atoms with E-state index in [4.69, 9.17) is 0 Å². The Kier molecular flexibility index (Phi) is 4.36. The van der Waals surface area contributed by atoms with Gasteiger partial charge in [-0.3, -0.25) is 4.68 Å². The molecular weight excluding hydrogens is 212 g/mol. The number of aliphatic hydroxyl groups is 1. The Bertz CT molecular complexity index is 363. The quantitative estimate of drug-likeness (QED) is 0.875. The first-order valence-corrected chi connectivity index (χ1v) is 6.49. The monoisotopic (exact) mass is 238 g/mol. The molecule has 2 unspecified atom stereocenters. The molecule has 3 nitrogen and oxygen atoms in total. The fourth-order valence-corrected chi connectivity index (χ4v) is 2.23. The molecule has 0 aliphatic carbocycles. The number of hydrogen-bond donors (Lipinski definition) is 1. The lowest BCUT2D eigenvalue weighted by Gasteiger charge is -2.23. The number of aliphatic hydroxyl groups excluding tert-OH is 1. The molecule has 0 aliphatic rings. The van der Waals surface area contributed by atoms with E-state index in [1.54, 1.807) is 4.68 Å². The van der Waals surface area contributed by atoms with Crippen LogP contribution in [0.25, 0.3) is 0 Å². The van der Waals surface area contributed by atoms with Crippen LogP contribution in [-0.2, 0) is 12.5 Å². The second-order valence-corrected chi connectivity index (χ2v) is 6.07. The third-order valence-corrected chi connectivity index (χ3v) is 3.17. The van der Waals surface area contributed by atoms with E-state index in [1.807, 2.05) is 13.2 Å². The fourth-order valence-electron chi connectivity index (χ4n) is 2.23. The lowest BCUT2D eigenvalue weighted by atomic mass is 9.85. The van der Waals surface area contributed by atoms with E-state index in [-0.39, 0.29) is 11.3 Å². The van der Waals surface area contributed by atoms with Crippen LogP contribution < -0.4 is 0 Å². The third-order valence-electron chi connectivity index (χ3n) is 3.17. The molecule has 0 amide bonds. The highest BCUT2D eigenvalue weighted by molar-refractivity contribution is 5.26. The van der Waals surface area contributed by atoms with E-state index in [0.717, 1.165) is 24.1 Å². The summed E-state index contributed by atoms with van der Waals surface area (Å²) in [5, 5.41) is 14.9. The molecule has 1 heterocycles. The van der Waals surface area contributed by atoms with Crippen molar-refractivity contribution in [1.29, 1.82) is 0 Å². The molecule has 3 heteroatoms. The normalized spacial score (nSPS) is 15.9. The summed E-state index contributed by atoms with van der Waals surface area (Å²) in [5.74, 6) is 0.283. The van der Waals surface area contributed by atoms with E-state index >= 15 is 0 Å². The van der Waals surface area contributed by atoms with E-state index in [9.17, 15) is 5.11 Å². The Morgan fingerprint density at radius 1 is 1.41 bits per heavy atom. The molecule has 17 heavy (non-hydrogen) atoms. The van der Waals surface area contributed by atoms with Crippen molar-refractivity contribution >= 4 is 0 Å². The van der Waals surface area contributed by atoms with Crippen LogP contribution in [0, 0.1) is 5.92 Å². The van der Waals surface area contributed by atoms with Crippen molar-refractivity contribution in [3.8, 4) is 0 Å². The number of nitrogens with zero attached hydrogens (tertiary/aromatic N) is 2. The summed E-state index contributed by atoms with van der Waals surface area (Å²) in [6.07, 6.45) is 3.69. The Morgan fingerprint density at radius 2 is 2.00 bits per heavy atom. The standard InChI is InChI=1S/C14H26N2O/c1-7-8-10(2)12(17)11-9-16(6)15-13(11)14(3,4)5/h9-10,12,17H,7-8H2,1-6H3. The largest absolute Gasteiger partial charge is 0.388 e. The zero-order valence-electron chi connectivity index (χ0n) is 12.0. The molecule has 0 aliphatic heterocycles. The number of aryl methyl sites for hydroxylation is 1. The first kappa shape index (κ1) is 14.2. The van der Waals surface area contributed by atoms with Gasteiger partial charge in [0.25, 0.3) is 0 Å². The van der Waals surface area contributed by atoms with Crippen molar-refractivity contribution in [3.63, 3.8) is 0 Å². The molecule has 2 atom stereocenters. The van der Waals surface area contributed by atoms with Crippen LogP contribution in [0.3, 0.4) is 0 Å². The Hall–Kier alpha value is -0.830. The van der Waals surface area contributed by atoms with Crippen LogP contribution in [0.4, 0.5) is 0 Å². The molecule has 0 bridgehead atoms. The van der Waals surface area contributed by atoms with Crippen LogP contribution >= 0.6 is 0 Å². The van der Waals surface area contributed by atoms with Crippen LogP contribution in [0.2, 0.25) is 0 Å². The van der Waals surface area contributed by atoms with Crippen LogP contribution in [0.1, 0.15) is 64.8 Å². The molecule has 0 saturated carbocycles. The smallest absolute Gasteiger partial charge is 0.0849 e. The van der Waals surface area contributed by atoms with E-state index in [1.165, 1.54) is 0 Å². The van der Waals surface area contributed by atoms with Gasteiger partial charge in [-0.2, -0.15) is 5.10 Å². The zero-order valence-corrected chi connectivity index (χ0v) is 12.0. The van der Waals surface area contributed by atoms with Gasteiger partial charge in [0.1, 0.15) is 0 Å². The Labute approximate surface area is 105 Å². The van der Waals surface area contributed by atoms with Gasteiger partial charge in [-0.1, -0.05) is 41.0 Å². The average molecular weight is 238 g/mol. The maximum atomic E-state index is 10.4. The number of rotatable bonds is 4. The summed E-state index contributed by atoms with van der Waals surface area (Å²) in [7, 11) is 1.91. The second kappa shape index (κ2) is 5.21. The molecule has 1 aromatic heterocycles. The lowest BCUT2D eigenvalue weighted by Crippen LogP contribution is -2.18. The summed E-state index contributed by atoms with van der Waals surface area (Å²) in [6.45, 7) is 10.7. The van der Waals surface area contributed by atoms with Crippen molar-refractivity contribution < 1.29 is 5.11 Å². The number of hydrogen-bond acceptors (Lipinski definition) is 2. The molecule has 0 spiro atoms. The van der Waals surface area contributed by atoms with Gasteiger partial charge in [-0.05, 0) is 12.3 Å². The first-order valence-electron chi connectivity index (χ1n) is 6.49. The highest BCUT2D eigenvalue weighted by Crippen LogP contribution is 2.33. The van der Waals surface area contributed by atoms with Crippen LogP contribution in [-0.4, -0.2) is 14.9 Å². The SMILES string of the molecule is CCCC(C)C(O)c1cn(C)nc1C(C)(C)C. The predicted molar refractivity (Wildman–Crippen MR) is 70.9 cm³/mol. The van der Waals surface area contributed by atoms with E-state index in [0.29, 0.717) is 0 Å².